The summed E-state index contributed by atoms with van der Waals surface area (Å²) in [5.41, 5.74) is 2.14. The standard InChI is InChI=1S/C32H28N2O4/c1-2-3-4-8-15-29(35)25-16-18-26(19-17-25)32(36)38-23-22-37-30-21-20-24-11-9-10-14-28(24)31(30)34-33-27-12-6-5-7-13-27/h5-7,9-14,16-21H,2-4,22-23H2,1H3. The highest BCUT2D eigenvalue weighted by Gasteiger charge is 2.11. The van der Waals surface area contributed by atoms with Gasteiger partial charge in [0, 0.05) is 17.4 Å². The third-order valence-electron chi connectivity index (χ3n) is 5.70. The second-order valence-electron chi connectivity index (χ2n) is 8.47. The lowest BCUT2D eigenvalue weighted by molar-refractivity contribution is 0.0450. The summed E-state index contributed by atoms with van der Waals surface area (Å²) in [7, 11) is 0. The summed E-state index contributed by atoms with van der Waals surface area (Å²) in [6.07, 6.45) is 2.70. The van der Waals surface area contributed by atoms with Gasteiger partial charge in [0.2, 0.25) is 5.78 Å². The van der Waals surface area contributed by atoms with E-state index in [0.717, 1.165) is 29.3 Å². The second kappa shape index (κ2) is 13.5. The zero-order chi connectivity index (χ0) is 26.6. The van der Waals surface area contributed by atoms with Crippen LogP contribution in [0.5, 0.6) is 5.75 Å². The van der Waals surface area contributed by atoms with Gasteiger partial charge in [-0.1, -0.05) is 67.8 Å². The molecule has 0 bridgehead atoms. The van der Waals surface area contributed by atoms with E-state index in [-0.39, 0.29) is 19.0 Å². The van der Waals surface area contributed by atoms with Crippen LogP contribution in [-0.2, 0) is 4.74 Å². The molecule has 190 valence electrons. The van der Waals surface area contributed by atoms with E-state index in [1.807, 2.05) is 66.7 Å². The highest BCUT2D eigenvalue weighted by Crippen LogP contribution is 2.37. The molecule has 38 heavy (non-hydrogen) atoms. The van der Waals surface area contributed by atoms with Crippen molar-refractivity contribution in [2.24, 2.45) is 10.2 Å². The number of rotatable bonds is 10. The highest BCUT2D eigenvalue weighted by atomic mass is 16.6. The van der Waals surface area contributed by atoms with E-state index in [0.29, 0.717) is 29.0 Å². The van der Waals surface area contributed by atoms with Gasteiger partial charge in [0.15, 0.2) is 0 Å². The van der Waals surface area contributed by atoms with Crippen molar-refractivity contribution in [2.45, 2.75) is 26.2 Å². The molecule has 4 aromatic carbocycles. The minimum atomic E-state index is -0.496. The number of nitrogens with zero attached hydrogens (tertiary/aromatic N) is 2. The van der Waals surface area contributed by atoms with Crippen molar-refractivity contribution in [2.75, 3.05) is 13.2 Å². The van der Waals surface area contributed by atoms with Crippen molar-refractivity contribution in [3.63, 3.8) is 0 Å². The van der Waals surface area contributed by atoms with Gasteiger partial charge in [-0.25, -0.2) is 4.79 Å². The van der Waals surface area contributed by atoms with Gasteiger partial charge in [-0.3, -0.25) is 4.79 Å². The van der Waals surface area contributed by atoms with E-state index in [1.165, 1.54) is 0 Å². The maximum atomic E-state index is 12.5. The van der Waals surface area contributed by atoms with E-state index in [1.54, 1.807) is 24.3 Å². The fourth-order valence-electron chi connectivity index (χ4n) is 3.66. The third kappa shape index (κ3) is 7.14. The molecule has 0 unspecified atom stereocenters. The largest absolute Gasteiger partial charge is 0.488 e. The molecule has 0 aromatic heterocycles. The predicted molar refractivity (Wildman–Crippen MR) is 148 cm³/mol. The Kier molecular flexibility index (Phi) is 9.36. The average molecular weight is 505 g/mol. The molecule has 0 aliphatic rings. The van der Waals surface area contributed by atoms with E-state index in [9.17, 15) is 9.59 Å². The molecule has 4 aromatic rings. The number of ketones is 1. The summed E-state index contributed by atoms with van der Waals surface area (Å²) in [5.74, 6) is 5.31. The van der Waals surface area contributed by atoms with Crippen LogP contribution in [0.3, 0.4) is 0 Å². The van der Waals surface area contributed by atoms with Gasteiger partial charge in [-0.05, 0) is 60.2 Å². The summed E-state index contributed by atoms with van der Waals surface area (Å²) in [6, 6.07) is 27.4. The molecular formula is C32H28N2O4. The van der Waals surface area contributed by atoms with Crippen LogP contribution in [0, 0.1) is 11.8 Å². The number of hydrogen-bond donors (Lipinski definition) is 0. The Labute approximate surface area is 222 Å². The Morgan fingerprint density at radius 1 is 0.789 bits per heavy atom. The van der Waals surface area contributed by atoms with E-state index < -0.39 is 5.97 Å². The number of unbranched alkanes of at least 4 members (excludes halogenated alkanes) is 2. The molecule has 4 rings (SSSR count). The topological polar surface area (TPSA) is 77.3 Å². The van der Waals surface area contributed by atoms with Crippen LogP contribution in [0.25, 0.3) is 10.8 Å². The highest BCUT2D eigenvalue weighted by molar-refractivity contribution is 6.09. The Bertz CT molecular complexity index is 1480. The van der Waals surface area contributed by atoms with Gasteiger partial charge in [-0.15, -0.1) is 5.11 Å². The molecule has 0 spiro atoms. The van der Waals surface area contributed by atoms with Gasteiger partial charge in [-0.2, -0.15) is 5.11 Å². The first kappa shape index (κ1) is 26.3. The fourth-order valence-corrected chi connectivity index (χ4v) is 3.66. The summed E-state index contributed by atoms with van der Waals surface area (Å²) in [5, 5.41) is 10.8. The molecule has 0 amide bonds. The molecule has 0 saturated carbocycles. The second-order valence-corrected chi connectivity index (χ2v) is 8.47. The number of ether oxygens (including phenoxy) is 2. The minimum Gasteiger partial charge on any atom is -0.488 e. The molecule has 0 saturated heterocycles. The normalized spacial score (nSPS) is 10.7. The third-order valence-corrected chi connectivity index (χ3v) is 5.70. The number of esters is 1. The maximum absolute atomic E-state index is 12.5. The number of benzene rings is 4. The molecule has 0 fully saturated rings. The lowest BCUT2D eigenvalue weighted by atomic mass is 10.1. The zero-order valence-electron chi connectivity index (χ0n) is 21.2. The first-order valence-electron chi connectivity index (χ1n) is 12.6. The van der Waals surface area contributed by atoms with Gasteiger partial charge in [0.05, 0.1) is 11.3 Å². The van der Waals surface area contributed by atoms with Crippen LogP contribution >= 0.6 is 0 Å². The van der Waals surface area contributed by atoms with Crippen molar-refractivity contribution in [1.82, 2.24) is 0 Å². The molecule has 0 radical (unpaired) electrons. The van der Waals surface area contributed by atoms with E-state index in [2.05, 4.69) is 29.0 Å². The first-order chi connectivity index (χ1) is 18.7. The van der Waals surface area contributed by atoms with Gasteiger partial charge in [0.1, 0.15) is 24.7 Å². The number of carbonyl (C=O) groups excluding carboxylic acids is 2. The van der Waals surface area contributed by atoms with E-state index in [4.69, 9.17) is 9.47 Å². The molecule has 6 heteroatoms. The fraction of sp³-hybridized carbons (Fsp3) is 0.188. The molecule has 0 heterocycles. The minimum absolute atomic E-state index is 0.0461. The quantitative estimate of drug-likeness (QED) is 0.0550. The molecule has 0 aliphatic heterocycles. The Morgan fingerprint density at radius 2 is 1.53 bits per heavy atom. The average Bonchev–Trinajstić information content (AvgIpc) is 2.97. The monoisotopic (exact) mass is 504 g/mol. The summed E-state index contributed by atoms with van der Waals surface area (Å²) >= 11 is 0. The van der Waals surface area contributed by atoms with Crippen LogP contribution < -0.4 is 4.74 Å². The maximum Gasteiger partial charge on any atom is 0.338 e. The predicted octanol–water partition coefficient (Wildman–Crippen LogP) is 7.87. The Balaban J connectivity index is 1.36. The van der Waals surface area contributed by atoms with Gasteiger partial charge >= 0.3 is 5.97 Å². The van der Waals surface area contributed by atoms with Crippen molar-refractivity contribution < 1.29 is 19.1 Å². The van der Waals surface area contributed by atoms with Crippen molar-refractivity contribution in [3.05, 3.63) is 102 Å². The van der Waals surface area contributed by atoms with Crippen LogP contribution in [0.4, 0.5) is 11.4 Å². The van der Waals surface area contributed by atoms with Crippen molar-refractivity contribution >= 4 is 33.9 Å². The van der Waals surface area contributed by atoms with Crippen LogP contribution in [0.2, 0.25) is 0 Å². The number of fused-ring (bicyclic) bond motifs is 1. The number of hydrogen-bond acceptors (Lipinski definition) is 6. The molecular weight excluding hydrogens is 476 g/mol. The lowest BCUT2D eigenvalue weighted by Gasteiger charge is -2.11. The Hall–Kier alpha value is -4.76. The molecule has 6 nitrogen and oxygen atoms in total. The lowest BCUT2D eigenvalue weighted by Crippen LogP contribution is -2.12. The van der Waals surface area contributed by atoms with Gasteiger partial charge < -0.3 is 9.47 Å². The molecule has 0 atom stereocenters. The zero-order valence-corrected chi connectivity index (χ0v) is 21.2. The number of azo groups is 1. The first-order valence-corrected chi connectivity index (χ1v) is 12.6. The molecule has 0 aliphatic carbocycles. The number of carbonyl (C=O) groups is 2. The van der Waals surface area contributed by atoms with Crippen molar-refractivity contribution in [1.29, 1.82) is 0 Å². The summed E-state index contributed by atoms with van der Waals surface area (Å²) in [4.78, 5) is 24.6. The van der Waals surface area contributed by atoms with Crippen molar-refractivity contribution in [3.8, 4) is 17.6 Å². The Morgan fingerprint density at radius 3 is 2.32 bits per heavy atom. The summed E-state index contributed by atoms with van der Waals surface area (Å²) in [6.45, 7) is 2.26. The van der Waals surface area contributed by atoms with Crippen LogP contribution in [0.15, 0.2) is 101 Å². The summed E-state index contributed by atoms with van der Waals surface area (Å²) < 4.78 is 11.3. The number of Topliss-reactive ketones (excluding diaryl/α,β-unsaturated/α-hetero) is 1. The SMILES string of the molecule is CCCCC#CC(=O)c1ccc(C(=O)OCCOc2ccc3ccccc3c2N=Nc2ccccc2)cc1. The van der Waals surface area contributed by atoms with Crippen LogP contribution in [0.1, 0.15) is 46.9 Å². The van der Waals surface area contributed by atoms with Gasteiger partial charge in [0.25, 0.3) is 0 Å². The smallest absolute Gasteiger partial charge is 0.338 e. The van der Waals surface area contributed by atoms with Crippen LogP contribution in [-0.4, -0.2) is 25.0 Å². The molecule has 0 N–H and O–H groups in total. The van der Waals surface area contributed by atoms with E-state index >= 15 is 0 Å².